The van der Waals surface area contributed by atoms with E-state index in [-0.39, 0.29) is 5.91 Å². The van der Waals surface area contributed by atoms with Crippen LogP contribution in [-0.4, -0.2) is 52.6 Å². The second kappa shape index (κ2) is 14.2. The Morgan fingerprint density at radius 2 is 2.00 bits per heavy atom. The molecule has 2 aromatic rings. The monoisotopic (exact) mass is 444 g/mol. The first-order chi connectivity index (χ1) is 15.6. The van der Waals surface area contributed by atoms with E-state index in [0.29, 0.717) is 19.5 Å². The normalized spacial score (nSPS) is 11.2. The van der Waals surface area contributed by atoms with Gasteiger partial charge in [0.25, 0.3) is 5.91 Å². The highest BCUT2D eigenvalue weighted by atomic mass is 16.5. The molecular weight excluding hydrogens is 408 g/mol. The number of hydrogen-bond acceptors (Lipinski definition) is 6. The van der Waals surface area contributed by atoms with Gasteiger partial charge in [-0.05, 0) is 43.2 Å². The number of nitrogens with zero attached hydrogens (tertiary/aromatic N) is 2. The summed E-state index contributed by atoms with van der Waals surface area (Å²) in [5, 5.41) is 18.1. The van der Waals surface area contributed by atoms with Crippen molar-refractivity contribution in [2.24, 2.45) is 0 Å². The number of anilines is 1. The fourth-order valence-corrected chi connectivity index (χ4v) is 3.35. The number of hydroxylamine groups is 1. The number of aromatic nitrogens is 2. The van der Waals surface area contributed by atoms with E-state index in [2.05, 4.69) is 22.9 Å². The van der Waals surface area contributed by atoms with Crippen molar-refractivity contribution >= 4 is 29.4 Å². The number of pyridine rings is 1. The average Bonchev–Trinajstić information content (AvgIpc) is 3.14. The van der Waals surface area contributed by atoms with Crippen LogP contribution < -0.4 is 21.4 Å². The first-order valence-corrected chi connectivity index (χ1v) is 11.4. The highest BCUT2D eigenvalue weighted by Crippen LogP contribution is 2.22. The molecule has 0 saturated heterocycles. The Balaban J connectivity index is 2.08. The minimum Gasteiger partial charge on any atom is -0.369 e. The summed E-state index contributed by atoms with van der Waals surface area (Å²) in [5.41, 5.74) is 4.12. The summed E-state index contributed by atoms with van der Waals surface area (Å²) in [7, 11) is 0. The summed E-state index contributed by atoms with van der Waals surface area (Å²) < 4.78 is 1.97. The topological polar surface area (TPSA) is 120 Å². The number of likely N-dealkylation sites (N-methyl/N-ethyl adjacent to an activating group) is 1. The first-order valence-electron chi connectivity index (χ1n) is 11.4. The molecule has 0 radical (unpaired) electrons. The molecule has 0 saturated carbocycles. The smallest absolute Gasteiger partial charge is 0.267 e. The molecule has 0 bridgehead atoms. The number of unbranched alkanes of at least 4 members (excludes halogenated alkanes) is 3. The summed E-state index contributed by atoms with van der Waals surface area (Å²) >= 11 is 0. The van der Waals surface area contributed by atoms with Crippen molar-refractivity contribution in [2.75, 3.05) is 31.5 Å². The maximum absolute atomic E-state index is 12.1. The zero-order valence-corrected chi connectivity index (χ0v) is 19.1. The van der Waals surface area contributed by atoms with Crippen molar-refractivity contribution in [3.8, 4) is 0 Å². The van der Waals surface area contributed by atoms with Crippen LogP contribution in [0.5, 0.6) is 0 Å². The number of rotatable bonds is 15. The van der Waals surface area contributed by atoms with Crippen molar-refractivity contribution in [1.29, 1.82) is 0 Å². The van der Waals surface area contributed by atoms with E-state index in [1.807, 2.05) is 29.7 Å². The molecule has 2 aromatic heterocycles. The highest BCUT2D eigenvalue weighted by molar-refractivity contribution is 5.91. The molecule has 9 heteroatoms. The molecule has 0 aliphatic rings. The van der Waals surface area contributed by atoms with Crippen LogP contribution in [0.3, 0.4) is 0 Å². The van der Waals surface area contributed by atoms with Crippen LogP contribution in [0, 0.1) is 0 Å². The maximum atomic E-state index is 12.1. The molecule has 0 atom stereocenters. The van der Waals surface area contributed by atoms with Gasteiger partial charge in [0.15, 0.2) is 0 Å². The quantitative estimate of drug-likeness (QED) is 0.125. The zero-order chi connectivity index (χ0) is 23.2. The van der Waals surface area contributed by atoms with E-state index in [4.69, 9.17) is 10.2 Å². The molecule has 176 valence electrons. The number of carbonyl (C=O) groups is 2. The van der Waals surface area contributed by atoms with Crippen molar-refractivity contribution in [3.05, 3.63) is 35.7 Å². The third-order valence-electron chi connectivity index (χ3n) is 5.05. The number of hydrogen-bond donors (Lipinski definition) is 5. The van der Waals surface area contributed by atoms with Crippen LogP contribution in [0.4, 0.5) is 5.82 Å². The lowest BCUT2D eigenvalue weighted by Gasteiger charge is -2.10. The minimum atomic E-state index is -0.587. The number of fused-ring (bicyclic) bond motifs is 1. The van der Waals surface area contributed by atoms with Crippen molar-refractivity contribution in [3.63, 3.8) is 0 Å². The number of amides is 2. The molecule has 0 aliphatic carbocycles. The summed E-state index contributed by atoms with van der Waals surface area (Å²) in [6.45, 7) is 7.01. The number of carbonyl (C=O) groups excluding carboxylic acids is 2. The molecule has 2 rings (SSSR count). The molecule has 2 amide bonds. The third kappa shape index (κ3) is 8.32. The lowest BCUT2D eigenvalue weighted by molar-refractivity contribution is -0.124. The van der Waals surface area contributed by atoms with Crippen LogP contribution in [-0.2, 0) is 16.0 Å². The van der Waals surface area contributed by atoms with Crippen LogP contribution in [0.1, 0.15) is 57.2 Å². The fourth-order valence-electron chi connectivity index (χ4n) is 3.35. The summed E-state index contributed by atoms with van der Waals surface area (Å²) in [4.78, 5) is 28.1. The molecule has 9 nitrogen and oxygen atoms in total. The third-order valence-corrected chi connectivity index (χ3v) is 5.05. The SMILES string of the molecule is CCCCCCc1nc2cc(C=CC(=O)NO)ccn2c1NCCC(=O)NCCNCC. The average molecular weight is 445 g/mol. The lowest BCUT2D eigenvalue weighted by Crippen LogP contribution is -2.32. The zero-order valence-electron chi connectivity index (χ0n) is 19.1. The van der Waals surface area contributed by atoms with Gasteiger partial charge >= 0.3 is 0 Å². The molecule has 2 heterocycles. The van der Waals surface area contributed by atoms with E-state index in [1.54, 1.807) is 11.6 Å². The van der Waals surface area contributed by atoms with Gasteiger partial charge in [0.1, 0.15) is 11.5 Å². The van der Waals surface area contributed by atoms with Gasteiger partial charge in [-0.3, -0.25) is 19.2 Å². The van der Waals surface area contributed by atoms with Crippen molar-refractivity contribution < 1.29 is 14.8 Å². The molecule has 0 aliphatic heterocycles. The Kier molecular flexibility index (Phi) is 11.3. The molecule has 0 fully saturated rings. The lowest BCUT2D eigenvalue weighted by atomic mass is 10.1. The Morgan fingerprint density at radius 3 is 2.75 bits per heavy atom. The number of nitrogens with one attached hydrogen (secondary N) is 4. The van der Waals surface area contributed by atoms with Gasteiger partial charge < -0.3 is 16.0 Å². The molecule has 0 aromatic carbocycles. The van der Waals surface area contributed by atoms with E-state index in [0.717, 1.165) is 55.1 Å². The van der Waals surface area contributed by atoms with Crippen LogP contribution in [0.2, 0.25) is 0 Å². The Hall–Kier alpha value is -2.91. The number of imidazole rings is 1. The van der Waals surface area contributed by atoms with Crippen molar-refractivity contribution in [1.82, 2.24) is 25.5 Å². The maximum Gasteiger partial charge on any atom is 0.267 e. The standard InChI is InChI=1S/C23H36N6O3/c1-3-5-6-7-8-19-23(26-13-11-21(30)25-15-14-24-4-2)29-16-12-18(17-20(29)27-19)9-10-22(31)28-32/h9-10,12,16-17,24,26,32H,3-8,11,13-15H2,1-2H3,(H,25,30)(H,28,31). The van der Waals surface area contributed by atoms with E-state index >= 15 is 0 Å². The minimum absolute atomic E-state index is 0.0169. The van der Waals surface area contributed by atoms with Gasteiger partial charge in [0, 0.05) is 38.3 Å². The summed E-state index contributed by atoms with van der Waals surface area (Å²) in [6, 6.07) is 3.75. The highest BCUT2D eigenvalue weighted by Gasteiger charge is 2.13. The van der Waals surface area contributed by atoms with Crippen LogP contribution in [0.25, 0.3) is 11.7 Å². The second-order valence-electron chi connectivity index (χ2n) is 7.60. The number of aryl methyl sites for hydroxylation is 1. The van der Waals surface area contributed by atoms with Gasteiger partial charge in [-0.2, -0.15) is 0 Å². The van der Waals surface area contributed by atoms with Crippen LogP contribution >= 0.6 is 0 Å². The van der Waals surface area contributed by atoms with E-state index < -0.39 is 5.91 Å². The molecule has 5 N–H and O–H groups in total. The Bertz CT molecular complexity index is 893. The fraction of sp³-hybridized carbons (Fsp3) is 0.522. The van der Waals surface area contributed by atoms with Gasteiger partial charge in [0.05, 0.1) is 5.69 Å². The molecule has 0 spiro atoms. The van der Waals surface area contributed by atoms with E-state index in [9.17, 15) is 9.59 Å². The molecule has 32 heavy (non-hydrogen) atoms. The van der Waals surface area contributed by atoms with Gasteiger partial charge in [-0.25, -0.2) is 10.5 Å². The Morgan fingerprint density at radius 1 is 1.16 bits per heavy atom. The van der Waals surface area contributed by atoms with Gasteiger partial charge in [-0.1, -0.05) is 33.1 Å². The molecular formula is C23H36N6O3. The van der Waals surface area contributed by atoms with Gasteiger partial charge in [-0.15, -0.1) is 0 Å². The summed E-state index contributed by atoms with van der Waals surface area (Å²) in [6.07, 6.45) is 10.6. The first kappa shape index (κ1) is 25.4. The van der Waals surface area contributed by atoms with Gasteiger partial charge in [0.2, 0.25) is 5.91 Å². The molecule has 0 unspecified atom stereocenters. The van der Waals surface area contributed by atoms with Crippen molar-refractivity contribution in [2.45, 2.75) is 52.4 Å². The largest absolute Gasteiger partial charge is 0.369 e. The predicted octanol–water partition coefficient (Wildman–Crippen LogP) is 2.50. The van der Waals surface area contributed by atoms with E-state index in [1.165, 1.54) is 18.9 Å². The van der Waals surface area contributed by atoms with Crippen LogP contribution in [0.15, 0.2) is 24.4 Å². The predicted molar refractivity (Wildman–Crippen MR) is 127 cm³/mol. The second-order valence-corrected chi connectivity index (χ2v) is 7.60. The Labute approximate surface area is 189 Å². The summed E-state index contributed by atoms with van der Waals surface area (Å²) in [5.74, 6) is 0.333.